The van der Waals surface area contributed by atoms with Crippen molar-refractivity contribution in [3.63, 3.8) is 0 Å². The van der Waals surface area contributed by atoms with Crippen LogP contribution in [0.1, 0.15) is 21.5 Å². The Bertz CT molecular complexity index is 1150. The minimum absolute atomic E-state index is 0.0519. The number of ether oxygens (including phenoxy) is 1. The fourth-order valence-corrected chi connectivity index (χ4v) is 3.05. The number of anilines is 1. The van der Waals surface area contributed by atoms with Gasteiger partial charge >= 0.3 is 5.97 Å². The summed E-state index contributed by atoms with van der Waals surface area (Å²) >= 11 is 0. The fraction of sp³-hybridized carbons (Fsp3) is 0.0417. The van der Waals surface area contributed by atoms with Gasteiger partial charge in [-0.25, -0.2) is 9.80 Å². The lowest BCUT2D eigenvalue weighted by Crippen LogP contribution is -2.35. The summed E-state index contributed by atoms with van der Waals surface area (Å²) in [5.41, 5.74) is 4.95. The van der Waals surface area contributed by atoms with Gasteiger partial charge in [-0.3, -0.25) is 15.0 Å². The average molecular weight is 414 g/mol. The third-order valence-corrected chi connectivity index (χ3v) is 4.70. The van der Waals surface area contributed by atoms with Crippen molar-refractivity contribution in [1.29, 1.82) is 0 Å². The summed E-state index contributed by atoms with van der Waals surface area (Å²) in [5.74, 6) is -1.24. The molecule has 0 bridgehead atoms. The molecule has 1 fully saturated rings. The number of carbonyl (C=O) groups excluding carboxylic acids is 2. The predicted octanol–water partition coefficient (Wildman–Crippen LogP) is 3.43. The Labute approximate surface area is 178 Å². The highest BCUT2D eigenvalue weighted by molar-refractivity contribution is 6.31. The number of hydrogen-bond donors (Lipinski definition) is 2. The SMILES string of the molecule is O=C1NN(c2ccccc2)C(=O)/C1=C/c1ccc(OCc2ccc(C(=O)O)cc2)cc1. The highest BCUT2D eigenvalue weighted by atomic mass is 16.5. The molecule has 0 unspecified atom stereocenters. The number of carboxylic acid groups (broad SMARTS) is 1. The van der Waals surface area contributed by atoms with Crippen LogP contribution in [0.3, 0.4) is 0 Å². The summed E-state index contributed by atoms with van der Waals surface area (Å²) in [7, 11) is 0. The van der Waals surface area contributed by atoms with Crippen LogP contribution in [0, 0.1) is 0 Å². The van der Waals surface area contributed by atoms with E-state index in [1.54, 1.807) is 60.7 Å². The van der Waals surface area contributed by atoms with E-state index in [1.165, 1.54) is 23.2 Å². The maximum atomic E-state index is 12.6. The molecule has 31 heavy (non-hydrogen) atoms. The molecule has 0 aliphatic carbocycles. The Kier molecular flexibility index (Phi) is 5.49. The molecule has 3 aromatic rings. The van der Waals surface area contributed by atoms with Crippen LogP contribution in [0.25, 0.3) is 6.08 Å². The quantitative estimate of drug-likeness (QED) is 0.476. The molecule has 1 aliphatic heterocycles. The predicted molar refractivity (Wildman–Crippen MR) is 114 cm³/mol. The summed E-state index contributed by atoms with van der Waals surface area (Å²) in [6.07, 6.45) is 1.54. The molecule has 1 aliphatic rings. The Hall–Kier alpha value is -4.39. The van der Waals surface area contributed by atoms with E-state index in [-0.39, 0.29) is 17.7 Å². The van der Waals surface area contributed by atoms with Crippen molar-refractivity contribution in [2.24, 2.45) is 0 Å². The van der Waals surface area contributed by atoms with Gasteiger partial charge in [0.2, 0.25) is 0 Å². The first-order valence-electron chi connectivity index (χ1n) is 9.48. The maximum absolute atomic E-state index is 12.6. The van der Waals surface area contributed by atoms with Crippen LogP contribution in [0.5, 0.6) is 5.75 Å². The zero-order chi connectivity index (χ0) is 21.8. The largest absolute Gasteiger partial charge is 0.489 e. The number of rotatable bonds is 6. The van der Waals surface area contributed by atoms with Gasteiger partial charge in [0.15, 0.2) is 0 Å². The van der Waals surface area contributed by atoms with Gasteiger partial charge in [0.1, 0.15) is 17.9 Å². The van der Waals surface area contributed by atoms with E-state index >= 15 is 0 Å². The lowest BCUT2D eigenvalue weighted by molar-refractivity contribution is -0.117. The zero-order valence-electron chi connectivity index (χ0n) is 16.3. The number of hydrazine groups is 1. The first-order valence-corrected chi connectivity index (χ1v) is 9.48. The molecular formula is C24H18N2O5. The number of amides is 2. The van der Waals surface area contributed by atoms with E-state index in [4.69, 9.17) is 9.84 Å². The van der Waals surface area contributed by atoms with Gasteiger partial charge < -0.3 is 9.84 Å². The van der Waals surface area contributed by atoms with E-state index in [2.05, 4.69) is 5.43 Å². The van der Waals surface area contributed by atoms with E-state index in [0.29, 0.717) is 17.0 Å². The van der Waals surface area contributed by atoms with Gasteiger partial charge in [-0.1, -0.05) is 42.5 Å². The number of nitrogens with one attached hydrogen (secondary N) is 1. The maximum Gasteiger partial charge on any atom is 0.335 e. The van der Waals surface area contributed by atoms with Crippen molar-refractivity contribution >= 4 is 29.5 Å². The number of para-hydroxylation sites is 1. The van der Waals surface area contributed by atoms with Crippen molar-refractivity contribution in [1.82, 2.24) is 5.43 Å². The molecule has 4 rings (SSSR count). The summed E-state index contributed by atoms with van der Waals surface area (Å²) in [5, 5.41) is 10.2. The monoisotopic (exact) mass is 414 g/mol. The van der Waals surface area contributed by atoms with Gasteiger partial charge in [-0.05, 0) is 53.6 Å². The Balaban J connectivity index is 1.42. The van der Waals surface area contributed by atoms with Crippen molar-refractivity contribution < 1.29 is 24.2 Å². The number of hydrogen-bond acceptors (Lipinski definition) is 4. The first kappa shape index (κ1) is 19.9. The zero-order valence-corrected chi connectivity index (χ0v) is 16.3. The lowest BCUT2D eigenvalue weighted by Gasteiger charge is -2.13. The van der Waals surface area contributed by atoms with Crippen LogP contribution in [-0.4, -0.2) is 22.9 Å². The first-order chi connectivity index (χ1) is 15.0. The van der Waals surface area contributed by atoms with Gasteiger partial charge in [0.05, 0.1) is 11.3 Å². The van der Waals surface area contributed by atoms with Crippen LogP contribution >= 0.6 is 0 Å². The highest BCUT2D eigenvalue weighted by Crippen LogP contribution is 2.22. The number of aromatic carboxylic acids is 1. The number of nitrogens with zero attached hydrogens (tertiary/aromatic N) is 1. The minimum Gasteiger partial charge on any atom is -0.489 e. The van der Waals surface area contributed by atoms with Crippen molar-refractivity contribution in [3.05, 3.63) is 101 Å². The van der Waals surface area contributed by atoms with Gasteiger partial charge in [0, 0.05) is 0 Å². The molecule has 1 saturated heterocycles. The van der Waals surface area contributed by atoms with Crippen molar-refractivity contribution in [2.75, 3.05) is 5.01 Å². The van der Waals surface area contributed by atoms with Gasteiger partial charge in [0.25, 0.3) is 11.8 Å². The van der Waals surface area contributed by atoms with Gasteiger partial charge in [-0.15, -0.1) is 0 Å². The molecule has 1 heterocycles. The molecular weight excluding hydrogens is 396 g/mol. The topological polar surface area (TPSA) is 95.9 Å². The fourth-order valence-electron chi connectivity index (χ4n) is 3.05. The molecule has 2 amide bonds. The molecule has 7 nitrogen and oxygen atoms in total. The molecule has 2 N–H and O–H groups in total. The van der Waals surface area contributed by atoms with Crippen LogP contribution in [0.2, 0.25) is 0 Å². The molecule has 7 heteroatoms. The summed E-state index contributed by atoms with van der Waals surface area (Å²) in [6.45, 7) is 0.285. The molecule has 0 atom stereocenters. The molecule has 0 aromatic heterocycles. The third kappa shape index (κ3) is 4.45. The number of carboxylic acids is 1. The van der Waals surface area contributed by atoms with E-state index in [0.717, 1.165) is 5.56 Å². The summed E-state index contributed by atoms with van der Waals surface area (Å²) in [6, 6.07) is 22.3. The van der Waals surface area contributed by atoms with E-state index in [1.807, 2.05) is 6.07 Å². The van der Waals surface area contributed by atoms with Gasteiger partial charge in [-0.2, -0.15) is 0 Å². The van der Waals surface area contributed by atoms with Crippen LogP contribution in [0.15, 0.2) is 84.4 Å². The molecule has 3 aromatic carbocycles. The molecule has 0 spiro atoms. The van der Waals surface area contributed by atoms with E-state index in [9.17, 15) is 14.4 Å². The second-order valence-electron chi connectivity index (χ2n) is 6.83. The van der Waals surface area contributed by atoms with Crippen molar-refractivity contribution in [3.8, 4) is 5.75 Å². The number of carbonyl (C=O) groups is 3. The summed E-state index contributed by atoms with van der Waals surface area (Å²) < 4.78 is 5.71. The average Bonchev–Trinajstić information content (AvgIpc) is 3.08. The second-order valence-corrected chi connectivity index (χ2v) is 6.83. The highest BCUT2D eigenvalue weighted by Gasteiger charge is 2.34. The molecule has 154 valence electrons. The van der Waals surface area contributed by atoms with Crippen LogP contribution < -0.4 is 15.2 Å². The Morgan fingerprint density at radius 1 is 0.935 bits per heavy atom. The second kappa shape index (κ2) is 8.54. The molecule has 0 radical (unpaired) electrons. The van der Waals surface area contributed by atoms with E-state index < -0.39 is 17.8 Å². The normalized spacial score (nSPS) is 14.6. The van der Waals surface area contributed by atoms with Crippen LogP contribution in [0.4, 0.5) is 5.69 Å². The Morgan fingerprint density at radius 3 is 2.26 bits per heavy atom. The lowest BCUT2D eigenvalue weighted by atomic mass is 10.1. The van der Waals surface area contributed by atoms with Crippen LogP contribution in [-0.2, 0) is 16.2 Å². The molecule has 0 saturated carbocycles. The Morgan fingerprint density at radius 2 is 1.61 bits per heavy atom. The standard InChI is InChI=1S/C24H18N2O5/c27-22-21(23(28)26(25-22)19-4-2-1-3-5-19)14-16-8-12-20(13-9-16)31-15-17-6-10-18(11-7-17)24(29)30/h1-14H,15H2,(H,25,27)(H,29,30)/b21-14+. The van der Waals surface area contributed by atoms with Crippen molar-refractivity contribution in [2.45, 2.75) is 6.61 Å². The third-order valence-electron chi connectivity index (χ3n) is 4.70. The summed E-state index contributed by atoms with van der Waals surface area (Å²) in [4.78, 5) is 35.8. The smallest absolute Gasteiger partial charge is 0.335 e. The minimum atomic E-state index is -0.974. The number of benzene rings is 3.